The van der Waals surface area contributed by atoms with Crippen LogP contribution in [0.5, 0.6) is 0 Å². The zero-order valence-corrected chi connectivity index (χ0v) is 79.0. The lowest BCUT2D eigenvalue weighted by Crippen LogP contribution is -2.50. The predicted molar refractivity (Wildman–Crippen MR) is 483 cm³/mol. The third-order valence-corrected chi connectivity index (χ3v) is 25.0. The van der Waals surface area contributed by atoms with E-state index in [9.17, 15) is 15.3 Å². The highest BCUT2D eigenvalue weighted by atomic mass is 16.5. The molecule has 3 unspecified atom stereocenters. The van der Waals surface area contributed by atoms with E-state index in [1.807, 2.05) is 0 Å². The Kier molecular flexibility index (Phi) is 63.6. The van der Waals surface area contributed by atoms with E-state index in [1.165, 1.54) is 187 Å². The minimum atomic E-state index is -0.478. The summed E-state index contributed by atoms with van der Waals surface area (Å²) in [7, 11) is 0. The predicted octanol–water partition coefficient (Wildman–Crippen LogP) is 25.7. The SMILES string of the molecule is C.CC(C)C1CCC(CO)CC1.CC(C)C1CNC1.CC(C)CC1(O)CCC1.CC(C)CC1(O)CCCC1.CC(C)CC1(O)COC1.CC(C)CC1CCCO1.CC(C)CC1COCCN1.CC1CC(C(C)C)C1.CC1CC(OC(C)C)C1.CCC1(CC(C)C)CCC1.CCCC(C)C.CCN1CCCC1CC(C)C. The Morgan fingerprint density at radius 2 is 0.955 bits per heavy atom. The molecule has 11 nitrogen and oxygen atoms in total. The highest BCUT2D eigenvalue weighted by Gasteiger charge is 2.38. The molecule has 6 N–H and O–H groups in total. The Bertz CT molecular complexity index is 1970. The number of hydrogen-bond donors (Lipinski definition) is 6. The highest BCUT2D eigenvalue weighted by molar-refractivity contribution is 4.90. The summed E-state index contributed by atoms with van der Waals surface area (Å²) in [5.41, 5.74) is -0.231. The molecule has 6 saturated carbocycles. The van der Waals surface area contributed by atoms with Gasteiger partial charge in [-0.1, -0.05) is 233 Å². The second-order valence-electron chi connectivity index (χ2n) is 42.0. The maximum absolute atomic E-state index is 9.86. The van der Waals surface area contributed by atoms with Crippen LogP contribution in [0.2, 0.25) is 0 Å². The van der Waals surface area contributed by atoms with Crippen LogP contribution in [0.3, 0.4) is 0 Å². The first-order valence-corrected chi connectivity index (χ1v) is 47.4. The summed E-state index contributed by atoms with van der Waals surface area (Å²) >= 11 is 0. The van der Waals surface area contributed by atoms with E-state index in [4.69, 9.17) is 24.1 Å². The standard InChI is InChI=1S/C10H21N.C10H20O.C10H20.C9H18O.C8H17NO.3C8H16O.C8H16.C7H14O2.C6H13N.C6H14.CH4/c1-4-11-7-5-6-10(11)8-9(2)3;1-8(2)10-5-3-9(7-11)4-6-10;1-4-10(6-5-7-10)8-9(2)3;1-8(2)7-9(10)5-3-4-6-9;1-7(2)5-8-6-10-4-3-9-8;1-6(2)9-8-4-7(3)5-8;1-7(2)6-8-4-3-5-9-8;1-7(2)6-8(9)4-3-5-8;1-6(2)8-4-7(3)5-8;1-6(2)3-7(8)4-9-5-7;1-5(2)6-3-7-4-6;1-4-5-6(2)3;/h9-10H,4-8H2,1-3H3;8-11H,3-7H2,1-2H3;9H,4-8H2,1-3H3;8,10H,3-7H2,1-2H3;7-9H,3-6H2,1-2H3;6-8H,4-5H2,1-3H3;7-8H,3-6H2,1-2H3;7,9H,3-6H2,1-2H3;6-8H,4-5H2,1-3H3;6,8H,3-5H2,1-2H3;5-7H,3-4H2,1-2H3;6H,4-5H2,1-3H3;1H4. The van der Waals surface area contributed by atoms with Gasteiger partial charge in [-0.05, 0) is 313 Å². The van der Waals surface area contributed by atoms with Crippen molar-refractivity contribution in [3.63, 3.8) is 0 Å². The number of nitrogens with one attached hydrogen (secondary N) is 2. The summed E-state index contributed by atoms with van der Waals surface area (Å²) in [5.74, 6) is 14.3. The summed E-state index contributed by atoms with van der Waals surface area (Å²) in [5, 5.41) is 44.5. The maximum atomic E-state index is 9.86. The van der Waals surface area contributed by atoms with Gasteiger partial charge in [0.1, 0.15) is 5.60 Å². The van der Waals surface area contributed by atoms with Gasteiger partial charge in [-0.15, -0.1) is 0 Å². The molecule has 0 radical (unpaired) electrons. The fraction of sp³-hybridized carbons (Fsp3) is 1.00. The summed E-state index contributed by atoms with van der Waals surface area (Å²) in [6, 6.07) is 1.51. The first-order valence-electron chi connectivity index (χ1n) is 47.4. The highest BCUT2D eigenvalue weighted by Crippen LogP contribution is 2.48. The molecule has 0 aromatic carbocycles. The first kappa shape index (κ1) is 112. The third-order valence-electron chi connectivity index (χ3n) is 25.0. The normalized spacial score (nSPS) is 26.4. The summed E-state index contributed by atoms with van der Waals surface area (Å²) in [6.07, 6.45) is 42.3. The second kappa shape index (κ2) is 62.7. The Balaban J connectivity index is 0. The number of likely N-dealkylation sites (tertiary alicyclic amines) is 1. The van der Waals surface area contributed by atoms with Crippen LogP contribution in [0.1, 0.15) is 414 Å². The number of aliphatic hydroxyl groups is 4. The van der Waals surface area contributed by atoms with Gasteiger partial charge < -0.3 is 54.9 Å². The molecule has 6 aliphatic carbocycles. The number of nitrogens with zero attached hydrogens (tertiary/aromatic N) is 1. The molecule has 11 heteroatoms. The lowest BCUT2D eigenvalue weighted by Gasteiger charge is -2.42. The number of hydrogen-bond acceptors (Lipinski definition) is 11. The van der Waals surface area contributed by atoms with Crippen molar-refractivity contribution in [1.82, 2.24) is 15.5 Å². The van der Waals surface area contributed by atoms with E-state index in [2.05, 4.69) is 216 Å². The Morgan fingerprint density at radius 3 is 1.22 bits per heavy atom. The number of rotatable bonds is 24. The van der Waals surface area contributed by atoms with Crippen molar-refractivity contribution in [3.8, 4) is 0 Å². The van der Waals surface area contributed by atoms with Gasteiger partial charge in [0.2, 0.25) is 0 Å². The molecular formula is C99H205N3O8. The van der Waals surface area contributed by atoms with Gasteiger partial charge in [0, 0.05) is 31.8 Å². The Hall–Kier alpha value is -0.440. The Labute approximate surface area is 690 Å². The maximum Gasteiger partial charge on any atom is 0.111 e. The van der Waals surface area contributed by atoms with Crippen LogP contribution in [0.4, 0.5) is 0 Å². The van der Waals surface area contributed by atoms with Crippen molar-refractivity contribution < 1.29 is 39.4 Å². The fourth-order valence-corrected chi connectivity index (χ4v) is 18.1. The van der Waals surface area contributed by atoms with E-state index in [-0.39, 0.29) is 18.6 Å². The minimum Gasteiger partial charge on any atom is -0.396 e. The van der Waals surface area contributed by atoms with Crippen LogP contribution in [0.15, 0.2) is 0 Å². The quantitative estimate of drug-likeness (QED) is 0.0549. The molecule has 110 heavy (non-hydrogen) atoms. The molecule has 3 atom stereocenters. The van der Waals surface area contributed by atoms with Crippen LogP contribution < -0.4 is 10.6 Å². The van der Waals surface area contributed by atoms with Gasteiger partial charge in [-0.2, -0.15) is 0 Å². The lowest BCUT2D eigenvalue weighted by atomic mass is 9.63. The fourth-order valence-electron chi connectivity index (χ4n) is 18.1. The van der Waals surface area contributed by atoms with E-state index in [0.29, 0.717) is 67.8 Å². The molecule has 5 aliphatic heterocycles. The van der Waals surface area contributed by atoms with Gasteiger partial charge in [0.15, 0.2) is 0 Å². The van der Waals surface area contributed by atoms with Crippen molar-refractivity contribution in [1.29, 1.82) is 0 Å². The molecule has 0 aromatic heterocycles. The molecule has 0 spiro atoms. The van der Waals surface area contributed by atoms with Crippen molar-refractivity contribution in [2.75, 3.05) is 72.4 Å². The largest absolute Gasteiger partial charge is 0.396 e. The number of ether oxygens (including phenoxy) is 4. The Morgan fingerprint density at radius 1 is 0.473 bits per heavy atom. The molecule has 5 heterocycles. The monoisotopic (exact) mass is 1560 g/mol. The molecule has 11 fully saturated rings. The smallest absolute Gasteiger partial charge is 0.111 e. The van der Waals surface area contributed by atoms with Crippen molar-refractivity contribution in [3.05, 3.63) is 0 Å². The van der Waals surface area contributed by atoms with E-state index >= 15 is 0 Å². The second-order valence-corrected chi connectivity index (χ2v) is 42.0. The summed E-state index contributed by atoms with van der Waals surface area (Å²) in [6.45, 7) is 75.6. The molecule has 0 amide bonds. The van der Waals surface area contributed by atoms with Crippen LogP contribution in [0.25, 0.3) is 0 Å². The van der Waals surface area contributed by atoms with Gasteiger partial charge in [0.05, 0.1) is 55.9 Å². The third kappa shape index (κ3) is 56.1. The van der Waals surface area contributed by atoms with Crippen LogP contribution in [0, 0.1) is 106 Å². The number of aliphatic hydroxyl groups excluding tert-OH is 1. The summed E-state index contributed by atoms with van der Waals surface area (Å²) < 4.78 is 21.2. The van der Waals surface area contributed by atoms with Crippen molar-refractivity contribution in [2.24, 2.45) is 106 Å². The zero-order chi connectivity index (χ0) is 82.9. The van der Waals surface area contributed by atoms with E-state index in [0.717, 1.165) is 160 Å². The van der Waals surface area contributed by atoms with Crippen LogP contribution in [-0.2, 0) is 18.9 Å². The average molecular weight is 1570 g/mol. The van der Waals surface area contributed by atoms with Crippen molar-refractivity contribution >= 4 is 0 Å². The minimum absolute atomic E-state index is 0. The lowest BCUT2D eigenvalue weighted by molar-refractivity contribution is -0.185. The zero-order valence-electron chi connectivity index (χ0n) is 79.0. The molecule has 11 aliphatic rings. The van der Waals surface area contributed by atoms with Crippen LogP contribution in [-0.4, -0.2) is 145 Å². The van der Waals surface area contributed by atoms with E-state index < -0.39 is 5.60 Å². The molecular weight excluding hydrogens is 1360 g/mol. The van der Waals surface area contributed by atoms with Gasteiger partial charge in [-0.25, -0.2) is 0 Å². The molecule has 664 valence electrons. The molecule has 11 rings (SSSR count). The molecule has 0 bridgehead atoms. The summed E-state index contributed by atoms with van der Waals surface area (Å²) in [4.78, 5) is 2.62. The molecule has 5 saturated heterocycles. The first-order chi connectivity index (χ1) is 51.1. The van der Waals surface area contributed by atoms with Crippen LogP contribution >= 0.6 is 0 Å². The van der Waals surface area contributed by atoms with Gasteiger partial charge in [-0.3, -0.25) is 0 Å². The van der Waals surface area contributed by atoms with Crippen molar-refractivity contribution in [2.45, 2.75) is 461 Å². The van der Waals surface area contributed by atoms with Gasteiger partial charge in [0.25, 0.3) is 0 Å². The number of morpholine rings is 1. The topological polar surface area (TPSA) is 145 Å². The molecule has 0 aromatic rings. The van der Waals surface area contributed by atoms with E-state index in [1.54, 1.807) is 0 Å². The van der Waals surface area contributed by atoms with Gasteiger partial charge >= 0.3 is 0 Å². The average Bonchev–Trinajstić information content (AvgIpc) is 1.48.